The van der Waals surface area contributed by atoms with Crippen LogP contribution < -0.4 is 0 Å². The van der Waals surface area contributed by atoms with E-state index >= 15 is 0 Å². The number of aliphatic hydroxyl groups excluding tert-OH is 1. The van der Waals surface area contributed by atoms with Gasteiger partial charge in [-0.1, -0.05) is 31.5 Å². The summed E-state index contributed by atoms with van der Waals surface area (Å²) in [4.78, 5) is 7.22. The van der Waals surface area contributed by atoms with Crippen LogP contribution in [0.25, 0.3) is 5.82 Å². The van der Waals surface area contributed by atoms with Crippen molar-refractivity contribution in [3.63, 3.8) is 0 Å². The third-order valence-corrected chi connectivity index (χ3v) is 7.80. The number of thiophene rings is 1. The molecule has 0 unspecified atom stereocenters. The molecular weight excluding hydrogens is 482 g/mol. The van der Waals surface area contributed by atoms with Crippen LogP contribution in [-0.4, -0.2) is 44.5 Å². The van der Waals surface area contributed by atoms with E-state index in [4.69, 9.17) is 16.3 Å². The molecule has 0 saturated carbocycles. The molecule has 3 aromatic heterocycles. The van der Waals surface area contributed by atoms with Crippen LogP contribution in [0.4, 0.5) is 8.78 Å². The Morgan fingerprint density at radius 1 is 1.24 bits per heavy atom. The van der Waals surface area contributed by atoms with E-state index in [1.54, 1.807) is 16.9 Å². The van der Waals surface area contributed by atoms with E-state index in [9.17, 15) is 13.9 Å². The van der Waals surface area contributed by atoms with Crippen molar-refractivity contribution in [1.29, 1.82) is 0 Å². The van der Waals surface area contributed by atoms with Crippen LogP contribution in [0.2, 0.25) is 4.34 Å². The van der Waals surface area contributed by atoms with E-state index < -0.39 is 18.1 Å². The van der Waals surface area contributed by atoms with E-state index in [0.29, 0.717) is 40.0 Å². The smallest absolute Gasteiger partial charge is 0.297 e. The average Bonchev–Trinajstić information content (AvgIpc) is 3.43. The lowest BCUT2D eigenvalue weighted by atomic mass is 9.84. The molecule has 0 atom stereocenters. The van der Waals surface area contributed by atoms with Crippen LogP contribution in [-0.2, 0) is 29.4 Å². The number of aliphatic hydroxyl groups is 1. The number of hydrogen-bond donors (Lipinski definition) is 1. The van der Waals surface area contributed by atoms with Gasteiger partial charge in [-0.15, -0.1) is 11.3 Å². The minimum Gasteiger partial charge on any atom is -0.392 e. The van der Waals surface area contributed by atoms with Crippen molar-refractivity contribution in [2.75, 3.05) is 19.7 Å². The summed E-state index contributed by atoms with van der Waals surface area (Å²) in [7, 11) is 0. The molecule has 5 rings (SSSR count). The molecule has 184 valence electrons. The standard InChI is InChI=1S/C22H23ClF2N4O2S.C2H6/c1-14-16(11-29(27-14)20-15(12-30)3-2-6-26-20)10-28-7-4-21(5-8-28)19-17(9-18(23)32-19)22(24,25)13-31-21;1-2/h2-3,6,9,11,30H,4-5,7-8,10,12-13H2,1H3;1-2H3. The average molecular weight is 511 g/mol. The molecule has 10 heteroatoms. The predicted molar refractivity (Wildman–Crippen MR) is 129 cm³/mol. The Hall–Kier alpha value is -1.91. The molecule has 0 aliphatic carbocycles. The first-order valence-electron chi connectivity index (χ1n) is 11.5. The van der Waals surface area contributed by atoms with Gasteiger partial charge >= 0.3 is 0 Å². The minimum absolute atomic E-state index is 0.0272. The third-order valence-electron chi connectivity index (χ3n) is 6.35. The zero-order valence-electron chi connectivity index (χ0n) is 19.5. The molecule has 0 radical (unpaired) electrons. The Morgan fingerprint density at radius 3 is 2.68 bits per heavy atom. The molecule has 1 spiro atoms. The molecule has 34 heavy (non-hydrogen) atoms. The first-order valence-corrected chi connectivity index (χ1v) is 12.7. The fourth-order valence-corrected chi connectivity index (χ4v) is 6.03. The largest absolute Gasteiger partial charge is 0.392 e. The number of likely N-dealkylation sites (tertiary alicyclic amines) is 1. The maximum Gasteiger partial charge on any atom is 0.297 e. The summed E-state index contributed by atoms with van der Waals surface area (Å²) in [5.74, 6) is -2.38. The zero-order chi connectivity index (χ0) is 24.5. The Labute approximate surface area is 207 Å². The summed E-state index contributed by atoms with van der Waals surface area (Å²) < 4.78 is 36.5. The Kier molecular flexibility index (Phi) is 7.40. The molecule has 5 heterocycles. The lowest BCUT2D eigenvalue weighted by Gasteiger charge is -2.45. The molecule has 2 aliphatic heterocycles. The van der Waals surface area contributed by atoms with E-state index in [-0.39, 0.29) is 12.2 Å². The Bertz CT molecular complexity index is 1140. The van der Waals surface area contributed by atoms with Gasteiger partial charge in [-0.05, 0) is 31.9 Å². The van der Waals surface area contributed by atoms with Gasteiger partial charge in [0.2, 0.25) is 0 Å². The minimum atomic E-state index is -2.99. The molecule has 1 fully saturated rings. The number of hydrogen-bond acceptors (Lipinski definition) is 6. The fraction of sp³-hybridized carbons (Fsp3) is 0.500. The van der Waals surface area contributed by atoms with Crippen molar-refractivity contribution in [2.45, 2.75) is 58.3 Å². The number of alkyl halides is 2. The van der Waals surface area contributed by atoms with Gasteiger partial charge in [0, 0.05) is 53.6 Å². The number of aryl methyl sites for hydroxylation is 1. The van der Waals surface area contributed by atoms with Crippen molar-refractivity contribution >= 4 is 22.9 Å². The molecule has 6 nitrogen and oxygen atoms in total. The van der Waals surface area contributed by atoms with E-state index in [1.165, 1.54) is 17.4 Å². The number of nitrogens with zero attached hydrogens (tertiary/aromatic N) is 4. The molecular formula is C24H29ClF2N4O2S. The lowest BCUT2D eigenvalue weighted by Crippen LogP contribution is -2.48. The predicted octanol–water partition coefficient (Wildman–Crippen LogP) is 5.42. The SMILES string of the molecule is CC.Cc1nn(-c2ncccc2CO)cc1CN1CCC2(CC1)OCC(F)(F)c1cc(Cl)sc12. The third kappa shape index (κ3) is 4.64. The van der Waals surface area contributed by atoms with Gasteiger partial charge in [-0.25, -0.2) is 9.67 Å². The van der Waals surface area contributed by atoms with E-state index in [1.807, 2.05) is 33.0 Å². The van der Waals surface area contributed by atoms with Gasteiger partial charge in [-0.2, -0.15) is 13.9 Å². The highest BCUT2D eigenvalue weighted by Crippen LogP contribution is 2.52. The number of ether oxygens (including phenoxy) is 1. The van der Waals surface area contributed by atoms with Crippen LogP contribution in [0, 0.1) is 6.92 Å². The van der Waals surface area contributed by atoms with Gasteiger partial charge in [0.05, 0.1) is 16.6 Å². The second-order valence-electron chi connectivity index (χ2n) is 8.39. The molecule has 1 N–H and O–H groups in total. The van der Waals surface area contributed by atoms with Crippen LogP contribution in [0.1, 0.15) is 54.0 Å². The van der Waals surface area contributed by atoms with Crippen LogP contribution in [0.3, 0.4) is 0 Å². The van der Waals surface area contributed by atoms with Gasteiger partial charge in [0.25, 0.3) is 5.92 Å². The summed E-state index contributed by atoms with van der Waals surface area (Å²) in [6.07, 6.45) is 4.88. The highest BCUT2D eigenvalue weighted by molar-refractivity contribution is 7.16. The van der Waals surface area contributed by atoms with Crippen LogP contribution in [0.5, 0.6) is 0 Å². The van der Waals surface area contributed by atoms with Crippen LogP contribution in [0.15, 0.2) is 30.6 Å². The highest BCUT2D eigenvalue weighted by atomic mass is 35.5. The van der Waals surface area contributed by atoms with Gasteiger partial charge in [0.1, 0.15) is 12.2 Å². The van der Waals surface area contributed by atoms with Gasteiger partial charge in [0.15, 0.2) is 5.82 Å². The van der Waals surface area contributed by atoms with Crippen molar-refractivity contribution in [3.8, 4) is 5.82 Å². The summed E-state index contributed by atoms with van der Waals surface area (Å²) >= 11 is 7.31. The number of piperidine rings is 1. The van der Waals surface area contributed by atoms with E-state index in [2.05, 4.69) is 15.0 Å². The highest BCUT2D eigenvalue weighted by Gasteiger charge is 2.51. The van der Waals surface area contributed by atoms with Crippen molar-refractivity contribution in [3.05, 3.63) is 62.2 Å². The number of fused-ring (bicyclic) bond motifs is 2. The second-order valence-corrected chi connectivity index (χ2v) is 10.1. The molecule has 1 saturated heterocycles. The quantitative estimate of drug-likeness (QED) is 0.507. The zero-order valence-corrected chi connectivity index (χ0v) is 21.1. The topological polar surface area (TPSA) is 63.4 Å². The summed E-state index contributed by atoms with van der Waals surface area (Å²) in [5.41, 5.74) is 2.00. The summed E-state index contributed by atoms with van der Waals surface area (Å²) in [5, 5.41) is 14.2. The molecule has 2 aliphatic rings. The Morgan fingerprint density at radius 2 is 1.97 bits per heavy atom. The first-order chi connectivity index (χ1) is 16.3. The monoisotopic (exact) mass is 510 g/mol. The Balaban J connectivity index is 0.00000133. The number of pyridine rings is 1. The maximum absolute atomic E-state index is 14.3. The van der Waals surface area contributed by atoms with Crippen molar-refractivity contribution in [1.82, 2.24) is 19.7 Å². The fourth-order valence-electron chi connectivity index (χ4n) is 4.55. The lowest BCUT2D eigenvalue weighted by molar-refractivity contribution is -0.182. The maximum atomic E-state index is 14.3. The number of halogens is 3. The normalized spacial score (nSPS) is 18.9. The number of aromatic nitrogens is 3. The molecule has 3 aromatic rings. The first kappa shape index (κ1) is 25.2. The van der Waals surface area contributed by atoms with Crippen molar-refractivity contribution < 1.29 is 18.6 Å². The van der Waals surface area contributed by atoms with E-state index in [0.717, 1.165) is 24.3 Å². The molecule has 0 amide bonds. The van der Waals surface area contributed by atoms with Gasteiger partial charge < -0.3 is 9.84 Å². The number of rotatable bonds is 4. The molecule has 0 bridgehead atoms. The molecule has 0 aromatic carbocycles. The summed E-state index contributed by atoms with van der Waals surface area (Å²) in [6.45, 7) is 7.37. The summed E-state index contributed by atoms with van der Waals surface area (Å²) in [6, 6.07) is 5.00. The second kappa shape index (κ2) is 9.99. The van der Waals surface area contributed by atoms with Crippen molar-refractivity contribution in [2.24, 2.45) is 0 Å². The van der Waals surface area contributed by atoms with Gasteiger partial charge in [-0.3, -0.25) is 4.90 Å². The van der Waals surface area contributed by atoms with Crippen LogP contribution >= 0.6 is 22.9 Å².